The van der Waals surface area contributed by atoms with E-state index in [9.17, 15) is 19.7 Å². The van der Waals surface area contributed by atoms with Gasteiger partial charge >= 0.3 is 17.8 Å². The van der Waals surface area contributed by atoms with Crippen LogP contribution >= 0.6 is 0 Å². The fraction of sp³-hybridized carbons (Fsp3) is 0.500. The van der Waals surface area contributed by atoms with Crippen LogP contribution in [0.3, 0.4) is 0 Å². The van der Waals surface area contributed by atoms with Crippen molar-refractivity contribution in [2.45, 2.75) is 20.4 Å². The van der Waals surface area contributed by atoms with Gasteiger partial charge in [0.2, 0.25) is 0 Å². The minimum Gasteiger partial charge on any atom is -0.481 e. The Morgan fingerprint density at radius 1 is 1.63 bits per heavy atom. The third-order valence-corrected chi connectivity index (χ3v) is 2.29. The van der Waals surface area contributed by atoms with E-state index in [1.54, 1.807) is 6.92 Å². The van der Waals surface area contributed by atoms with Crippen LogP contribution in [0, 0.1) is 16.0 Å². The maximum Gasteiger partial charge on any atom is 0.404 e. The normalized spacial score (nSPS) is 11.9. The van der Waals surface area contributed by atoms with Crippen molar-refractivity contribution in [3.8, 4) is 0 Å². The van der Waals surface area contributed by atoms with Gasteiger partial charge in [0.05, 0.1) is 30.4 Å². The number of hydrogen-bond donors (Lipinski definition) is 1. The number of ether oxygens (including phenoxy) is 1. The Morgan fingerprint density at radius 2 is 2.26 bits per heavy atom. The Labute approximate surface area is 107 Å². The number of aliphatic carboxylic acids is 1. The summed E-state index contributed by atoms with van der Waals surface area (Å²) >= 11 is 0. The van der Waals surface area contributed by atoms with Crippen LogP contribution in [0.4, 0.5) is 5.82 Å². The van der Waals surface area contributed by atoms with Gasteiger partial charge in [0.15, 0.2) is 5.56 Å². The smallest absolute Gasteiger partial charge is 0.404 e. The molecule has 0 aliphatic carbocycles. The van der Waals surface area contributed by atoms with E-state index in [0.29, 0.717) is 0 Å². The number of nitrogens with zero attached hydrogens (tertiary/aromatic N) is 3. The standard InChI is InChI=1S/C10H13N3O6/c1-3-19-10(16)7-5-12(4-6(2)9(14)15)11-8(7)13(17)18/h5-6H,3-4H2,1-2H3,(H,14,15)/t6-/m0/s1. The summed E-state index contributed by atoms with van der Waals surface area (Å²) < 4.78 is 5.73. The zero-order chi connectivity index (χ0) is 14.6. The van der Waals surface area contributed by atoms with Crippen LogP contribution in [0.1, 0.15) is 24.2 Å². The van der Waals surface area contributed by atoms with E-state index in [1.165, 1.54) is 6.92 Å². The Balaban J connectivity index is 3.04. The number of nitro groups is 1. The molecule has 1 aromatic rings. The Hall–Kier alpha value is -2.45. The average molecular weight is 271 g/mol. The average Bonchev–Trinajstić information content (AvgIpc) is 2.73. The first kappa shape index (κ1) is 14.6. The first-order valence-corrected chi connectivity index (χ1v) is 5.48. The summed E-state index contributed by atoms with van der Waals surface area (Å²) in [6.07, 6.45) is 1.12. The molecule has 1 heterocycles. The van der Waals surface area contributed by atoms with Gasteiger partial charge in [0.1, 0.15) is 0 Å². The third-order valence-electron chi connectivity index (χ3n) is 2.29. The minimum absolute atomic E-state index is 0.0738. The van der Waals surface area contributed by atoms with Crippen molar-refractivity contribution in [3.05, 3.63) is 21.9 Å². The number of carboxylic acids is 1. The molecule has 1 atom stereocenters. The number of rotatable bonds is 6. The van der Waals surface area contributed by atoms with Crippen LogP contribution in [0.25, 0.3) is 0 Å². The van der Waals surface area contributed by atoms with E-state index in [0.717, 1.165) is 10.9 Å². The molecule has 104 valence electrons. The van der Waals surface area contributed by atoms with Crippen LogP contribution in [0.2, 0.25) is 0 Å². The molecule has 0 radical (unpaired) electrons. The van der Waals surface area contributed by atoms with Crippen LogP contribution in [-0.4, -0.2) is 38.4 Å². The summed E-state index contributed by atoms with van der Waals surface area (Å²) in [5.41, 5.74) is -0.288. The predicted octanol–water partition coefficient (Wildman–Crippen LogP) is 0.689. The van der Waals surface area contributed by atoms with Gasteiger partial charge in [-0.3, -0.25) is 4.79 Å². The quantitative estimate of drug-likeness (QED) is 0.458. The van der Waals surface area contributed by atoms with E-state index in [1.807, 2.05) is 0 Å². The molecule has 0 aliphatic heterocycles. The van der Waals surface area contributed by atoms with Gasteiger partial charge < -0.3 is 20.0 Å². The van der Waals surface area contributed by atoms with E-state index in [4.69, 9.17) is 5.11 Å². The maximum absolute atomic E-state index is 11.5. The summed E-state index contributed by atoms with van der Waals surface area (Å²) in [7, 11) is 0. The van der Waals surface area contributed by atoms with Crippen molar-refractivity contribution in [1.29, 1.82) is 0 Å². The molecule has 0 spiro atoms. The van der Waals surface area contributed by atoms with Crippen LogP contribution in [-0.2, 0) is 16.1 Å². The summed E-state index contributed by atoms with van der Waals surface area (Å²) in [6.45, 7) is 3.00. The molecule has 9 heteroatoms. The highest BCUT2D eigenvalue weighted by Crippen LogP contribution is 2.17. The summed E-state index contributed by atoms with van der Waals surface area (Å²) in [6, 6.07) is 0. The van der Waals surface area contributed by atoms with Crippen LogP contribution in [0.5, 0.6) is 0 Å². The van der Waals surface area contributed by atoms with Crippen LogP contribution < -0.4 is 0 Å². The van der Waals surface area contributed by atoms with Gasteiger partial charge in [-0.15, -0.1) is 0 Å². The lowest BCUT2D eigenvalue weighted by atomic mass is 10.2. The zero-order valence-corrected chi connectivity index (χ0v) is 10.4. The Kier molecular flexibility index (Phi) is 4.56. The molecule has 19 heavy (non-hydrogen) atoms. The second-order valence-electron chi connectivity index (χ2n) is 3.81. The highest BCUT2D eigenvalue weighted by atomic mass is 16.6. The monoisotopic (exact) mass is 271 g/mol. The molecule has 0 saturated heterocycles. The zero-order valence-electron chi connectivity index (χ0n) is 10.4. The Bertz CT molecular complexity index is 509. The van der Waals surface area contributed by atoms with Gasteiger partial charge in [0.25, 0.3) is 0 Å². The molecule has 1 rings (SSSR count). The first-order chi connectivity index (χ1) is 8.86. The second-order valence-corrected chi connectivity index (χ2v) is 3.81. The lowest BCUT2D eigenvalue weighted by molar-refractivity contribution is -0.390. The van der Waals surface area contributed by atoms with E-state index >= 15 is 0 Å². The van der Waals surface area contributed by atoms with E-state index in [-0.39, 0.29) is 18.7 Å². The van der Waals surface area contributed by atoms with Crippen molar-refractivity contribution < 1.29 is 24.4 Å². The maximum atomic E-state index is 11.5. The van der Waals surface area contributed by atoms with Crippen molar-refractivity contribution in [1.82, 2.24) is 9.78 Å². The molecule has 0 fully saturated rings. The molecule has 1 aromatic heterocycles. The lowest BCUT2D eigenvalue weighted by Crippen LogP contribution is -2.17. The molecule has 1 N–H and O–H groups in total. The van der Waals surface area contributed by atoms with Gasteiger partial charge in [-0.05, 0) is 11.8 Å². The highest BCUT2D eigenvalue weighted by molar-refractivity contribution is 5.92. The number of carbonyl (C=O) groups excluding carboxylic acids is 1. The molecule has 9 nitrogen and oxygen atoms in total. The summed E-state index contributed by atoms with van der Waals surface area (Å²) in [5, 5.41) is 23.1. The first-order valence-electron chi connectivity index (χ1n) is 5.48. The number of esters is 1. The van der Waals surface area contributed by atoms with Crippen molar-refractivity contribution in [3.63, 3.8) is 0 Å². The van der Waals surface area contributed by atoms with Crippen molar-refractivity contribution >= 4 is 17.8 Å². The van der Waals surface area contributed by atoms with Gasteiger partial charge in [0, 0.05) is 0 Å². The minimum atomic E-state index is -1.06. The lowest BCUT2D eigenvalue weighted by Gasteiger charge is -2.01. The van der Waals surface area contributed by atoms with E-state index < -0.39 is 28.6 Å². The number of hydrogen-bond acceptors (Lipinski definition) is 6. The van der Waals surface area contributed by atoms with Gasteiger partial charge in [-0.2, -0.15) is 4.68 Å². The number of carbonyl (C=O) groups is 2. The molecular weight excluding hydrogens is 258 g/mol. The fourth-order valence-corrected chi connectivity index (χ4v) is 1.35. The van der Waals surface area contributed by atoms with Gasteiger partial charge in [-0.25, -0.2) is 4.79 Å². The van der Waals surface area contributed by atoms with Crippen LogP contribution in [0.15, 0.2) is 6.20 Å². The van der Waals surface area contributed by atoms with Crippen molar-refractivity contribution in [2.24, 2.45) is 5.92 Å². The SMILES string of the molecule is CCOC(=O)c1cn(C[C@H](C)C(=O)O)nc1[N+](=O)[O-]. The highest BCUT2D eigenvalue weighted by Gasteiger charge is 2.28. The molecule has 0 unspecified atom stereocenters. The summed E-state index contributed by atoms with van der Waals surface area (Å²) in [5.74, 6) is -3.34. The summed E-state index contributed by atoms with van der Waals surface area (Å²) in [4.78, 5) is 32.2. The molecular formula is C10H13N3O6. The van der Waals surface area contributed by atoms with Gasteiger partial charge in [-0.1, -0.05) is 6.92 Å². The van der Waals surface area contributed by atoms with Crippen molar-refractivity contribution in [2.75, 3.05) is 6.61 Å². The Morgan fingerprint density at radius 3 is 2.74 bits per heavy atom. The molecule has 0 amide bonds. The molecule has 0 bridgehead atoms. The number of carboxylic acid groups (broad SMARTS) is 1. The molecule has 0 aliphatic rings. The fourth-order valence-electron chi connectivity index (χ4n) is 1.35. The molecule has 0 saturated carbocycles. The second kappa shape index (κ2) is 5.94. The largest absolute Gasteiger partial charge is 0.481 e. The third kappa shape index (κ3) is 3.50. The topological polar surface area (TPSA) is 125 Å². The number of aromatic nitrogens is 2. The predicted molar refractivity (Wildman–Crippen MR) is 61.6 cm³/mol. The molecule has 0 aromatic carbocycles. The van der Waals surface area contributed by atoms with E-state index in [2.05, 4.69) is 9.84 Å².